The van der Waals surface area contributed by atoms with Gasteiger partial charge in [-0.3, -0.25) is 0 Å². The zero-order chi connectivity index (χ0) is 21.5. The Kier molecular flexibility index (Phi) is 4.80. The lowest BCUT2D eigenvalue weighted by Crippen LogP contribution is -2.33. The van der Waals surface area contributed by atoms with Gasteiger partial charge in [0, 0.05) is 22.0 Å². The molecule has 0 unspecified atom stereocenters. The van der Waals surface area contributed by atoms with Crippen molar-refractivity contribution < 1.29 is 4.74 Å². The summed E-state index contributed by atoms with van der Waals surface area (Å²) in [7, 11) is 0. The molecular weight excluding hydrogens is 460 g/mol. The Morgan fingerprint density at radius 2 is 1.38 bits per heavy atom. The summed E-state index contributed by atoms with van der Waals surface area (Å²) in [4.78, 5) is 0. The number of nitrogens with zero attached hydrogens (tertiary/aromatic N) is 2. The van der Waals surface area contributed by atoms with Crippen LogP contribution in [0.1, 0.15) is 35.4 Å². The molecule has 0 bridgehead atoms. The first-order valence-corrected chi connectivity index (χ1v) is 11.6. The second-order valence-corrected chi connectivity index (χ2v) is 9.07. The number of para-hydroxylation sites is 1. The molecule has 4 aromatic rings. The quantitative estimate of drug-likeness (QED) is 0.306. The minimum absolute atomic E-state index is 0.164. The molecule has 0 fully saturated rings. The highest BCUT2D eigenvalue weighted by Gasteiger charge is 2.40. The molecule has 2 aliphatic heterocycles. The molecule has 0 saturated heterocycles. The zero-order valence-corrected chi connectivity index (χ0v) is 18.9. The molecule has 6 rings (SSSR count). The number of ether oxygens (including phenoxy) is 1. The van der Waals surface area contributed by atoms with E-state index in [4.69, 9.17) is 9.84 Å². The highest BCUT2D eigenvalue weighted by molar-refractivity contribution is 9.10. The Bertz CT molecular complexity index is 1280. The van der Waals surface area contributed by atoms with Crippen LogP contribution in [0, 0.1) is 0 Å². The van der Waals surface area contributed by atoms with Crippen molar-refractivity contribution >= 4 is 21.6 Å². The molecule has 2 heterocycles. The van der Waals surface area contributed by atoms with Gasteiger partial charge in [0.15, 0.2) is 0 Å². The van der Waals surface area contributed by atoms with Gasteiger partial charge in [-0.05, 0) is 34.9 Å². The highest BCUT2D eigenvalue weighted by Crippen LogP contribution is 2.47. The van der Waals surface area contributed by atoms with Crippen LogP contribution in [0.2, 0.25) is 0 Å². The van der Waals surface area contributed by atoms with E-state index in [1.165, 1.54) is 16.7 Å². The van der Waals surface area contributed by atoms with E-state index in [-0.39, 0.29) is 12.3 Å². The summed E-state index contributed by atoms with van der Waals surface area (Å²) in [6.07, 6.45) is 0.605. The number of hydrogen-bond acceptors (Lipinski definition) is 3. The number of halogens is 1. The van der Waals surface area contributed by atoms with Crippen molar-refractivity contribution in [3.05, 3.63) is 124 Å². The molecule has 32 heavy (non-hydrogen) atoms. The summed E-state index contributed by atoms with van der Waals surface area (Å²) in [5.41, 5.74) is 6.95. The molecule has 2 aliphatic rings. The monoisotopic (exact) mass is 480 g/mol. The van der Waals surface area contributed by atoms with Crippen LogP contribution in [0.4, 0.5) is 0 Å². The zero-order valence-electron chi connectivity index (χ0n) is 17.4. The molecule has 0 aliphatic carbocycles. The van der Waals surface area contributed by atoms with E-state index in [1.807, 2.05) is 12.1 Å². The van der Waals surface area contributed by atoms with Gasteiger partial charge in [0.05, 0.1) is 11.8 Å². The maximum absolute atomic E-state index is 6.49. The average molecular weight is 481 g/mol. The van der Waals surface area contributed by atoms with Gasteiger partial charge in [0.25, 0.3) is 0 Å². The van der Waals surface area contributed by atoms with E-state index in [0.717, 1.165) is 33.5 Å². The number of hydrazone groups is 1. The summed E-state index contributed by atoms with van der Waals surface area (Å²) in [6.45, 7) is 0. The van der Waals surface area contributed by atoms with Gasteiger partial charge in [-0.1, -0.05) is 101 Å². The van der Waals surface area contributed by atoms with E-state index >= 15 is 0 Å². The topological polar surface area (TPSA) is 24.8 Å². The van der Waals surface area contributed by atoms with Crippen LogP contribution in [0.3, 0.4) is 0 Å². The van der Waals surface area contributed by atoms with Crippen molar-refractivity contribution in [2.24, 2.45) is 5.10 Å². The van der Waals surface area contributed by atoms with Gasteiger partial charge in [0.1, 0.15) is 5.75 Å². The lowest BCUT2D eigenvalue weighted by molar-refractivity contribution is -0.0190. The third-order valence-corrected chi connectivity index (χ3v) is 6.71. The van der Waals surface area contributed by atoms with Gasteiger partial charge >= 0.3 is 0 Å². The van der Waals surface area contributed by atoms with Gasteiger partial charge in [-0.25, -0.2) is 5.01 Å². The van der Waals surface area contributed by atoms with Crippen molar-refractivity contribution in [3.63, 3.8) is 0 Å². The number of fused-ring (bicyclic) bond motifs is 3. The van der Waals surface area contributed by atoms with E-state index in [1.54, 1.807) is 0 Å². The molecule has 0 aromatic heterocycles. The second-order valence-electron chi connectivity index (χ2n) is 8.15. The molecule has 4 heteroatoms. The normalized spacial score (nSPS) is 19.0. The summed E-state index contributed by atoms with van der Waals surface area (Å²) < 4.78 is 7.56. The van der Waals surface area contributed by atoms with Crippen LogP contribution >= 0.6 is 15.9 Å². The number of benzene rings is 4. The molecule has 3 nitrogen and oxygen atoms in total. The Hall–Kier alpha value is -3.37. The molecular formula is C28H21BrN2O. The van der Waals surface area contributed by atoms with Gasteiger partial charge in [0.2, 0.25) is 6.23 Å². The Morgan fingerprint density at radius 1 is 0.719 bits per heavy atom. The van der Waals surface area contributed by atoms with Crippen LogP contribution in [-0.4, -0.2) is 10.7 Å². The minimum Gasteiger partial charge on any atom is -0.464 e. The lowest BCUT2D eigenvalue weighted by atomic mass is 9.95. The Labute approximate surface area is 196 Å². The fourth-order valence-corrected chi connectivity index (χ4v) is 4.81. The minimum atomic E-state index is -0.257. The molecule has 0 saturated carbocycles. The third-order valence-electron chi connectivity index (χ3n) is 6.18. The molecule has 0 amide bonds. The predicted molar refractivity (Wildman–Crippen MR) is 132 cm³/mol. The van der Waals surface area contributed by atoms with Crippen molar-refractivity contribution in [2.45, 2.75) is 18.7 Å². The summed E-state index contributed by atoms with van der Waals surface area (Å²) in [5, 5.41) is 7.19. The molecule has 156 valence electrons. The van der Waals surface area contributed by atoms with Crippen LogP contribution in [0.5, 0.6) is 5.75 Å². The molecule has 2 atom stereocenters. The van der Waals surface area contributed by atoms with Crippen molar-refractivity contribution in [2.75, 3.05) is 0 Å². The third kappa shape index (κ3) is 3.41. The smallest absolute Gasteiger partial charge is 0.213 e. The van der Waals surface area contributed by atoms with Crippen molar-refractivity contribution in [1.82, 2.24) is 5.01 Å². The van der Waals surface area contributed by atoms with Gasteiger partial charge in [-0.2, -0.15) is 5.10 Å². The molecule has 0 N–H and O–H groups in total. The van der Waals surface area contributed by atoms with Crippen LogP contribution in [-0.2, 0) is 0 Å². The Balaban J connectivity index is 1.38. The van der Waals surface area contributed by atoms with Crippen molar-refractivity contribution in [3.8, 4) is 16.9 Å². The van der Waals surface area contributed by atoms with Crippen LogP contribution < -0.4 is 4.74 Å². The highest BCUT2D eigenvalue weighted by atomic mass is 79.9. The van der Waals surface area contributed by atoms with Crippen LogP contribution in [0.25, 0.3) is 11.1 Å². The SMILES string of the molecule is Brc1ccc(C2=NN3[C@H](C2)c2ccccc2O[C@@H]3c2ccc(-c3ccccc3)cc2)cc1. The fraction of sp³-hybridized carbons (Fsp3) is 0.107. The standard InChI is InChI=1S/C28H21BrN2O/c29-23-16-14-21(15-17-23)25-18-26-24-8-4-5-9-27(24)32-28(31(26)30-25)22-12-10-20(11-13-22)19-6-2-1-3-7-19/h1-17,26,28H,18H2/t26-,28-/m1/s1. The average Bonchev–Trinajstić information content (AvgIpc) is 3.30. The molecule has 4 aromatic carbocycles. The maximum Gasteiger partial charge on any atom is 0.213 e. The first-order chi connectivity index (χ1) is 15.8. The fourth-order valence-electron chi connectivity index (χ4n) is 4.54. The van der Waals surface area contributed by atoms with Crippen molar-refractivity contribution in [1.29, 1.82) is 0 Å². The van der Waals surface area contributed by atoms with Gasteiger partial charge in [-0.15, -0.1) is 0 Å². The first-order valence-electron chi connectivity index (χ1n) is 10.8. The van der Waals surface area contributed by atoms with Crippen LogP contribution in [0.15, 0.2) is 113 Å². The Morgan fingerprint density at radius 3 is 2.16 bits per heavy atom. The summed E-state index contributed by atoms with van der Waals surface area (Å²) in [6, 6.07) is 36.0. The maximum atomic E-state index is 6.49. The largest absolute Gasteiger partial charge is 0.464 e. The predicted octanol–water partition coefficient (Wildman–Crippen LogP) is 7.36. The molecule has 0 spiro atoms. The van der Waals surface area contributed by atoms with E-state index in [0.29, 0.717) is 0 Å². The summed E-state index contributed by atoms with van der Waals surface area (Å²) in [5.74, 6) is 0.943. The summed E-state index contributed by atoms with van der Waals surface area (Å²) >= 11 is 3.53. The first kappa shape index (κ1) is 19.3. The lowest BCUT2D eigenvalue weighted by Gasteiger charge is -2.38. The van der Waals surface area contributed by atoms with Gasteiger partial charge < -0.3 is 4.74 Å². The molecule has 0 radical (unpaired) electrons. The van der Waals surface area contributed by atoms with E-state index in [2.05, 4.69) is 112 Å². The second kappa shape index (κ2) is 7.95. The number of rotatable bonds is 3. The van der Waals surface area contributed by atoms with E-state index < -0.39 is 0 Å². The number of hydrogen-bond donors (Lipinski definition) is 0. The van der Waals surface area contributed by atoms with E-state index in [9.17, 15) is 0 Å².